The van der Waals surface area contributed by atoms with Crippen molar-refractivity contribution in [3.05, 3.63) is 59.2 Å². The Morgan fingerprint density at radius 1 is 0.905 bits per heavy atom. The first kappa shape index (κ1) is 15.3. The predicted octanol–water partition coefficient (Wildman–Crippen LogP) is 4.67. The van der Waals surface area contributed by atoms with Gasteiger partial charge in [0.05, 0.1) is 0 Å². The van der Waals surface area contributed by atoms with Gasteiger partial charge in [0.1, 0.15) is 0 Å². The molecule has 0 spiro atoms. The van der Waals surface area contributed by atoms with E-state index in [0.717, 1.165) is 17.5 Å². The van der Waals surface area contributed by atoms with Crippen LogP contribution in [-0.2, 0) is 0 Å². The summed E-state index contributed by atoms with van der Waals surface area (Å²) in [7, 11) is 0. The second-order valence-electron chi connectivity index (χ2n) is 5.23. The van der Waals surface area contributed by atoms with E-state index in [4.69, 9.17) is 0 Å². The molecule has 2 rings (SSSR count). The van der Waals surface area contributed by atoms with Crippen molar-refractivity contribution in [1.82, 2.24) is 0 Å². The van der Waals surface area contributed by atoms with E-state index in [9.17, 15) is 19.0 Å². The van der Waals surface area contributed by atoms with Gasteiger partial charge in [-0.05, 0) is 53.6 Å². The first-order chi connectivity index (χ1) is 9.93. The van der Waals surface area contributed by atoms with Crippen molar-refractivity contribution in [3.8, 4) is 11.5 Å². The first-order valence-electron chi connectivity index (χ1n) is 6.90. The molecule has 112 valence electrons. The van der Waals surface area contributed by atoms with Crippen LogP contribution in [-0.4, -0.2) is 10.2 Å². The zero-order chi connectivity index (χ0) is 15.6. The molecule has 0 aromatic heterocycles. The van der Waals surface area contributed by atoms with Gasteiger partial charge >= 0.3 is 0 Å². The van der Waals surface area contributed by atoms with Crippen molar-refractivity contribution in [2.45, 2.75) is 32.1 Å². The van der Waals surface area contributed by atoms with Crippen molar-refractivity contribution in [1.29, 1.82) is 0 Å². The number of hydrogen-bond acceptors (Lipinski definition) is 2. The lowest BCUT2D eigenvalue weighted by atomic mass is 9.81. The number of rotatable bonds is 4. The average molecular weight is 292 g/mol. The summed E-state index contributed by atoms with van der Waals surface area (Å²) in [4.78, 5) is 0. The molecule has 0 bridgehead atoms. The Bertz CT molecular complexity index is 641. The molecule has 4 heteroatoms. The molecule has 21 heavy (non-hydrogen) atoms. The maximum absolute atomic E-state index is 13.5. The molecule has 2 aromatic carbocycles. The minimum absolute atomic E-state index is 0.0101. The average Bonchev–Trinajstić information content (AvgIpc) is 2.46. The van der Waals surface area contributed by atoms with Gasteiger partial charge in [0, 0.05) is 0 Å². The third-order valence-electron chi connectivity index (χ3n) is 3.94. The Kier molecular flexibility index (Phi) is 4.46. The highest BCUT2D eigenvalue weighted by atomic mass is 19.1. The van der Waals surface area contributed by atoms with Gasteiger partial charge in [-0.1, -0.05) is 26.0 Å². The van der Waals surface area contributed by atoms with Crippen LogP contribution in [0.25, 0.3) is 0 Å². The monoisotopic (exact) mass is 292 g/mol. The van der Waals surface area contributed by atoms with E-state index in [1.54, 1.807) is 12.1 Å². The van der Waals surface area contributed by atoms with Crippen LogP contribution < -0.4 is 0 Å². The van der Waals surface area contributed by atoms with Crippen LogP contribution >= 0.6 is 0 Å². The van der Waals surface area contributed by atoms with Gasteiger partial charge in [-0.15, -0.1) is 0 Å². The zero-order valence-corrected chi connectivity index (χ0v) is 12.0. The van der Waals surface area contributed by atoms with E-state index >= 15 is 0 Å². The summed E-state index contributed by atoms with van der Waals surface area (Å²) in [5.74, 6) is -2.13. The lowest BCUT2D eigenvalue weighted by Crippen LogP contribution is -2.08. The molecule has 0 saturated carbocycles. The number of aromatic hydroxyl groups is 2. The minimum Gasteiger partial charge on any atom is -0.505 e. The maximum atomic E-state index is 13.5. The van der Waals surface area contributed by atoms with E-state index < -0.39 is 11.6 Å². The molecule has 0 aliphatic heterocycles. The third-order valence-corrected chi connectivity index (χ3v) is 3.94. The summed E-state index contributed by atoms with van der Waals surface area (Å²) in [5, 5.41) is 18.5. The van der Waals surface area contributed by atoms with Gasteiger partial charge < -0.3 is 10.2 Å². The van der Waals surface area contributed by atoms with Crippen LogP contribution in [0.4, 0.5) is 8.78 Å². The van der Waals surface area contributed by atoms with Crippen molar-refractivity contribution >= 4 is 0 Å². The molecule has 0 heterocycles. The molecular formula is C17H18F2O2. The fourth-order valence-corrected chi connectivity index (χ4v) is 2.67. The fraction of sp³-hybridized carbons (Fsp3) is 0.294. The summed E-state index contributed by atoms with van der Waals surface area (Å²) in [6.07, 6.45) is 0.744. The Morgan fingerprint density at radius 2 is 1.38 bits per heavy atom. The van der Waals surface area contributed by atoms with Crippen LogP contribution in [0.15, 0.2) is 36.4 Å². The zero-order valence-electron chi connectivity index (χ0n) is 12.0. The molecule has 0 saturated heterocycles. The lowest BCUT2D eigenvalue weighted by Gasteiger charge is -2.24. The van der Waals surface area contributed by atoms with Gasteiger partial charge in [-0.25, -0.2) is 8.78 Å². The largest absolute Gasteiger partial charge is 0.505 e. The quantitative estimate of drug-likeness (QED) is 0.859. The fourth-order valence-electron chi connectivity index (χ4n) is 2.67. The number of hydrogen-bond donors (Lipinski definition) is 2. The van der Waals surface area contributed by atoms with Gasteiger partial charge in [0.25, 0.3) is 0 Å². The summed E-state index contributed by atoms with van der Waals surface area (Å²) in [6, 6.07) is 8.63. The molecule has 0 amide bonds. The van der Waals surface area contributed by atoms with E-state index in [-0.39, 0.29) is 23.3 Å². The van der Waals surface area contributed by atoms with Crippen molar-refractivity contribution in [2.24, 2.45) is 0 Å². The van der Waals surface area contributed by atoms with E-state index in [0.29, 0.717) is 0 Å². The summed E-state index contributed by atoms with van der Waals surface area (Å²) >= 11 is 0. The Balaban J connectivity index is 2.35. The number of halogens is 2. The Labute approximate surface area is 122 Å². The van der Waals surface area contributed by atoms with E-state index in [2.05, 4.69) is 0 Å². The van der Waals surface area contributed by atoms with Crippen molar-refractivity contribution < 1.29 is 19.0 Å². The molecule has 2 nitrogen and oxygen atoms in total. The summed E-state index contributed by atoms with van der Waals surface area (Å²) in [5.41, 5.74) is 1.50. The van der Waals surface area contributed by atoms with Crippen LogP contribution in [0.3, 0.4) is 0 Å². The topological polar surface area (TPSA) is 40.5 Å². The van der Waals surface area contributed by atoms with E-state index in [1.807, 2.05) is 13.8 Å². The molecule has 0 unspecified atom stereocenters. The minimum atomic E-state index is -0.661. The molecule has 2 aromatic rings. The van der Waals surface area contributed by atoms with Crippen LogP contribution in [0.1, 0.15) is 43.2 Å². The number of benzene rings is 2. The highest BCUT2D eigenvalue weighted by Gasteiger charge is 2.21. The summed E-state index contributed by atoms with van der Waals surface area (Å²) < 4.78 is 27.0. The normalized spacial score (nSPS) is 13.9. The molecule has 0 radical (unpaired) electrons. The van der Waals surface area contributed by atoms with Crippen molar-refractivity contribution in [2.75, 3.05) is 0 Å². The van der Waals surface area contributed by atoms with Gasteiger partial charge in [0.2, 0.25) is 0 Å². The summed E-state index contributed by atoms with van der Waals surface area (Å²) in [6.45, 7) is 3.91. The van der Waals surface area contributed by atoms with Gasteiger partial charge in [-0.2, -0.15) is 0 Å². The number of phenolic OH excluding ortho intramolecular Hbond substituents is 2. The lowest BCUT2D eigenvalue weighted by molar-refractivity contribution is 0.428. The standard InChI is InChI=1S/C17H18F2O2/c1-3-13(12-5-7-17(21)15(19)9-12)10(2)11-4-6-16(20)14(18)8-11/h4-10,13,20-21H,3H2,1-2H3/t10-,13-/m0/s1. The number of phenols is 2. The van der Waals surface area contributed by atoms with Crippen molar-refractivity contribution in [3.63, 3.8) is 0 Å². The molecule has 2 atom stereocenters. The molecule has 2 N–H and O–H groups in total. The SMILES string of the molecule is CC[C@H](c1ccc(O)c(F)c1)[C@@H](C)c1ccc(O)c(F)c1. The smallest absolute Gasteiger partial charge is 0.165 e. The predicted molar refractivity (Wildman–Crippen MR) is 77.6 cm³/mol. The molecule has 0 fully saturated rings. The second kappa shape index (κ2) is 6.12. The second-order valence-corrected chi connectivity index (χ2v) is 5.23. The highest BCUT2D eigenvalue weighted by molar-refractivity contribution is 5.35. The molecular weight excluding hydrogens is 274 g/mol. The molecule has 0 aliphatic carbocycles. The first-order valence-corrected chi connectivity index (χ1v) is 6.90. The van der Waals surface area contributed by atoms with E-state index in [1.165, 1.54) is 24.3 Å². The molecule has 0 aliphatic rings. The van der Waals surface area contributed by atoms with Gasteiger partial charge in [0.15, 0.2) is 23.1 Å². The third kappa shape index (κ3) is 3.15. The van der Waals surface area contributed by atoms with Crippen LogP contribution in [0.2, 0.25) is 0 Å². The van der Waals surface area contributed by atoms with Crippen LogP contribution in [0.5, 0.6) is 11.5 Å². The van der Waals surface area contributed by atoms with Gasteiger partial charge in [-0.3, -0.25) is 0 Å². The highest BCUT2D eigenvalue weighted by Crippen LogP contribution is 2.37. The maximum Gasteiger partial charge on any atom is 0.165 e. The Morgan fingerprint density at radius 3 is 1.86 bits per heavy atom. The Hall–Kier alpha value is -2.10. The van der Waals surface area contributed by atoms with Crippen LogP contribution in [0, 0.1) is 11.6 Å².